The SMILES string of the molecule is COc1nc(CC2CO2)cs1. The third-order valence-corrected chi connectivity index (χ3v) is 2.39. The van der Waals surface area contributed by atoms with Crippen LogP contribution in [0.5, 0.6) is 5.19 Å². The Labute approximate surface area is 69.0 Å². The first-order valence-electron chi connectivity index (χ1n) is 3.48. The lowest BCUT2D eigenvalue weighted by atomic mass is 10.3. The Morgan fingerprint density at radius 3 is 3.27 bits per heavy atom. The molecule has 0 spiro atoms. The number of thiazole rings is 1. The molecule has 1 aliphatic heterocycles. The average Bonchev–Trinajstić information content (AvgIpc) is 2.68. The van der Waals surface area contributed by atoms with Gasteiger partial charge in [0.1, 0.15) is 0 Å². The van der Waals surface area contributed by atoms with Crippen LogP contribution >= 0.6 is 11.3 Å². The quantitative estimate of drug-likeness (QED) is 0.638. The predicted octanol–water partition coefficient (Wildman–Crippen LogP) is 1.09. The molecule has 0 radical (unpaired) electrons. The summed E-state index contributed by atoms with van der Waals surface area (Å²) in [4.78, 5) is 4.23. The molecular weight excluding hydrogens is 162 g/mol. The highest BCUT2D eigenvalue weighted by Crippen LogP contribution is 2.21. The molecule has 0 bridgehead atoms. The molecule has 0 N–H and O–H groups in total. The van der Waals surface area contributed by atoms with Crippen molar-refractivity contribution in [2.24, 2.45) is 0 Å². The van der Waals surface area contributed by atoms with Crippen molar-refractivity contribution in [3.63, 3.8) is 0 Å². The molecule has 1 atom stereocenters. The van der Waals surface area contributed by atoms with Crippen molar-refractivity contribution in [3.8, 4) is 5.19 Å². The molecule has 3 nitrogen and oxygen atoms in total. The van der Waals surface area contributed by atoms with Crippen LogP contribution in [0.25, 0.3) is 0 Å². The maximum atomic E-state index is 5.08. The topological polar surface area (TPSA) is 34.6 Å². The van der Waals surface area contributed by atoms with Crippen molar-refractivity contribution in [3.05, 3.63) is 11.1 Å². The summed E-state index contributed by atoms with van der Waals surface area (Å²) >= 11 is 1.53. The van der Waals surface area contributed by atoms with Crippen LogP contribution in [0.3, 0.4) is 0 Å². The number of epoxide rings is 1. The van der Waals surface area contributed by atoms with E-state index in [2.05, 4.69) is 4.98 Å². The molecule has 0 aromatic carbocycles. The molecule has 2 heterocycles. The van der Waals surface area contributed by atoms with E-state index in [-0.39, 0.29) is 0 Å². The van der Waals surface area contributed by atoms with Crippen LogP contribution < -0.4 is 4.74 Å². The zero-order chi connectivity index (χ0) is 7.68. The molecule has 0 saturated carbocycles. The second-order valence-corrected chi connectivity index (χ2v) is 3.29. The van der Waals surface area contributed by atoms with E-state index >= 15 is 0 Å². The van der Waals surface area contributed by atoms with Crippen molar-refractivity contribution in [2.45, 2.75) is 12.5 Å². The van der Waals surface area contributed by atoms with Gasteiger partial charge in [0.15, 0.2) is 0 Å². The number of hydrogen-bond acceptors (Lipinski definition) is 4. The first-order valence-corrected chi connectivity index (χ1v) is 4.36. The zero-order valence-electron chi connectivity index (χ0n) is 6.24. The highest BCUT2D eigenvalue weighted by Gasteiger charge is 2.23. The van der Waals surface area contributed by atoms with Crippen molar-refractivity contribution in [1.29, 1.82) is 0 Å². The normalized spacial score (nSPS) is 21.7. The molecule has 1 unspecified atom stereocenters. The lowest BCUT2D eigenvalue weighted by Gasteiger charge is -1.89. The molecule has 1 aromatic heterocycles. The van der Waals surface area contributed by atoms with Gasteiger partial charge in [-0.15, -0.1) is 0 Å². The summed E-state index contributed by atoms with van der Waals surface area (Å²) < 4.78 is 10.0. The van der Waals surface area contributed by atoms with Gasteiger partial charge in [0.25, 0.3) is 5.19 Å². The second-order valence-electron chi connectivity index (χ2n) is 2.47. The highest BCUT2D eigenvalue weighted by molar-refractivity contribution is 7.11. The molecule has 2 rings (SSSR count). The van der Waals surface area contributed by atoms with Crippen LogP contribution in [0, 0.1) is 0 Å². The third-order valence-electron chi connectivity index (χ3n) is 1.54. The van der Waals surface area contributed by atoms with Crippen LogP contribution in [0.2, 0.25) is 0 Å². The smallest absolute Gasteiger partial charge is 0.273 e. The lowest BCUT2D eigenvalue weighted by Crippen LogP contribution is -1.92. The van der Waals surface area contributed by atoms with E-state index in [0.717, 1.165) is 23.9 Å². The van der Waals surface area contributed by atoms with E-state index < -0.39 is 0 Å². The number of aromatic nitrogens is 1. The van der Waals surface area contributed by atoms with Crippen molar-refractivity contribution >= 4 is 11.3 Å². The van der Waals surface area contributed by atoms with E-state index in [1.165, 1.54) is 11.3 Å². The summed E-state index contributed by atoms with van der Waals surface area (Å²) in [5.41, 5.74) is 1.08. The summed E-state index contributed by atoms with van der Waals surface area (Å²) in [6, 6.07) is 0. The first kappa shape index (κ1) is 7.06. The van der Waals surface area contributed by atoms with E-state index in [1.807, 2.05) is 5.38 Å². The summed E-state index contributed by atoms with van der Waals surface area (Å²) in [6.07, 6.45) is 1.35. The maximum absolute atomic E-state index is 5.08. The molecule has 60 valence electrons. The Balaban J connectivity index is 1.99. The first-order chi connectivity index (χ1) is 5.38. The number of rotatable bonds is 3. The largest absolute Gasteiger partial charge is 0.473 e. The molecule has 1 aromatic rings. The van der Waals surface area contributed by atoms with Gasteiger partial charge in [0, 0.05) is 11.8 Å². The van der Waals surface area contributed by atoms with Crippen molar-refractivity contribution in [2.75, 3.05) is 13.7 Å². The lowest BCUT2D eigenvalue weighted by molar-refractivity contribution is 0.399. The molecule has 1 fully saturated rings. The molecule has 4 heteroatoms. The number of hydrogen-bond donors (Lipinski definition) is 0. The second kappa shape index (κ2) is 2.79. The minimum absolute atomic E-state index is 0.418. The van der Waals surface area contributed by atoms with E-state index in [1.54, 1.807) is 7.11 Å². The molecule has 0 aliphatic carbocycles. The molecular formula is C7H9NO2S. The van der Waals surface area contributed by atoms with Gasteiger partial charge in [-0.2, -0.15) is 0 Å². The summed E-state index contributed by atoms with van der Waals surface area (Å²) in [7, 11) is 1.64. The minimum atomic E-state index is 0.418. The van der Waals surface area contributed by atoms with Crippen molar-refractivity contribution < 1.29 is 9.47 Å². The Bertz CT molecular complexity index is 244. The molecule has 11 heavy (non-hydrogen) atoms. The van der Waals surface area contributed by atoms with Gasteiger partial charge < -0.3 is 9.47 Å². The predicted molar refractivity (Wildman–Crippen MR) is 42.1 cm³/mol. The van der Waals surface area contributed by atoms with Gasteiger partial charge in [0.05, 0.1) is 25.5 Å². The molecule has 1 aliphatic rings. The fourth-order valence-corrected chi connectivity index (χ4v) is 1.55. The Kier molecular flexibility index (Phi) is 1.79. The van der Waals surface area contributed by atoms with Gasteiger partial charge in [-0.05, 0) is 0 Å². The molecule has 0 amide bonds. The number of methoxy groups -OCH3 is 1. The third kappa shape index (κ3) is 1.70. The minimum Gasteiger partial charge on any atom is -0.473 e. The summed E-state index contributed by atoms with van der Waals surface area (Å²) in [6.45, 7) is 0.889. The summed E-state index contributed by atoms with van der Waals surface area (Å²) in [5.74, 6) is 0. The van der Waals surface area contributed by atoms with Crippen LogP contribution in [-0.2, 0) is 11.2 Å². The van der Waals surface area contributed by atoms with Crippen LogP contribution in [0.4, 0.5) is 0 Å². The van der Waals surface area contributed by atoms with E-state index in [9.17, 15) is 0 Å². The Morgan fingerprint density at radius 1 is 1.91 bits per heavy atom. The zero-order valence-corrected chi connectivity index (χ0v) is 7.06. The fraction of sp³-hybridized carbons (Fsp3) is 0.571. The Hall–Kier alpha value is -0.610. The maximum Gasteiger partial charge on any atom is 0.273 e. The highest BCUT2D eigenvalue weighted by atomic mass is 32.1. The van der Waals surface area contributed by atoms with E-state index in [4.69, 9.17) is 9.47 Å². The number of nitrogens with zero attached hydrogens (tertiary/aromatic N) is 1. The van der Waals surface area contributed by atoms with Gasteiger partial charge >= 0.3 is 0 Å². The van der Waals surface area contributed by atoms with Gasteiger partial charge in [0.2, 0.25) is 0 Å². The Morgan fingerprint density at radius 2 is 2.73 bits per heavy atom. The van der Waals surface area contributed by atoms with Gasteiger partial charge in [-0.1, -0.05) is 11.3 Å². The average molecular weight is 171 g/mol. The van der Waals surface area contributed by atoms with Crippen molar-refractivity contribution in [1.82, 2.24) is 4.98 Å². The number of ether oxygens (including phenoxy) is 2. The standard InChI is InChI=1S/C7H9NO2S/c1-9-7-8-5(4-11-7)2-6-3-10-6/h4,6H,2-3H2,1H3. The van der Waals surface area contributed by atoms with Crippen LogP contribution in [-0.4, -0.2) is 24.8 Å². The molecule has 1 saturated heterocycles. The van der Waals surface area contributed by atoms with Crippen LogP contribution in [0.1, 0.15) is 5.69 Å². The monoisotopic (exact) mass is 171 g/mol. The van der Waals surface area contributed by atoms with Gasteiger partial charge in [-0.3, -0.25) is 0 Å². The van der Waals surface area contributed by atoms with Crippen LogP contribution in [0.15, 0.2) is 5.38 Å². The fourth-order valence-electron chi connectivity index (χ4n) is 0.895. The van der Waals surface area contributed by atoms with E-state index in [0.29, 0.717) is 6.10 Å². The van der Waals surface area contributed by atoms with Gasteiger partial charge in [-0.25, -0.2) is 4.98 Å². The summed E-state index contributed by atoms with van der Waals surface area (Å²) in [5, 5.41) is 2.75.